The van der Waals surface area contributed by atoms with Crippen LogP contribution >= 0.6 is 12.6 Å². The molecule has 1 amide bonds. The molecule has 29 heavy (non-hydrogen) atoms. The van der Waals surface area contributed by atoms with Crippen molar-refractivity contribution in [3.05, 3.63) is 48.7 Å². The highest BCUT2D eigenvalue weighted by atomic mass is 32.1. The minimum atomic E-state index is -0.923. The molecule has 2 heterocycles. The fourth-order valence-electron chi connectivity index (χ4n) is 2.63. The number of amides is 1. The molecule has 0 saturated heterocycles. The van der Waals surface area contributed by atoms with E-state index in [0.717, 1.165) is 22.3 Å². The van der Waals surface area contributed by atoms with Crippen LogP contribution in [-0.4, -0.2) is 39.4 Å². The van der Waals surface area contributed by atoms with Crippen molar-refractivity contribution in [2.45, 2.75) is 32.4 Å². The Kier molecular flexibility index (Phi) is 6.12. The summed E-state index contributed by atoms with van der Waals surface area (Å²) in [5.74, 6) is -0.169. The van der Waals surface area contributed by atoms with Gasteiger partial charge < -0.3 is 19.8 Å². The molecule has 0 spiro atoms. The van der Waals surface area contributed by atoms with Crippen LogP contribution in [0, 0.1) is 0 Å². The van der Waals surface area contributed by atoms with Crippen LogP contribution in [0.2, 0.25) is 0 Å². The molecule has 0 radical (unpaired) electrons. The normalized spacial score (nSPS) is 12.4. The Morgan fingerprint density at radius 3 is 2.55 bits per heavy atom. The van der Waals surface area contributed by atoms with E-state index in [1.54, 1.807) is 39.1 Å². The van der Waals surface area contributed by atoms with Crippen molar-refractivity contribution >= 4 is 35.7 Å². The molecule has 2 aromatic heterocycles. The van der Waals surface area contributed by atoms with Gasteiger partial charge in [-0.15, -0.1) is 0 Å². The number of nitrogens with one attached hydrogen (secondary N) is 2. The van der Waals surface area contributed by atoms with Gasteiger partial charge in [0.05, 0.1) is 0 Å². The monoisotopic (exact) mass is 413 g/mol. The van der Waals surface area contributed by atoms with E-state index < -0.39 is 23.7 Å². The molecule has 0 aliphatic carbocycles. The van der Waals surface area contributed by atoms with Gasteiger partial charge in [-0.25, -0.2) is 14.6 Å². The van der Waals surface area contributed by atoms with Gasteiger partial charge >= 0.3 is 12.1 Å². The fraction of sp³-hybridized carbons (Fsp3) is 0.286. The zero-order valence-corrected chi connectivity index (χ0v) is 17.3. The molecule has 1 aromatic carbocycles. The number of rotatable bonds is 5. The summed E-state index contributed by atoms with van der Waals surface area (Å²) in [7, 11) is 0. The highest BCUT2D eigenvalue weighted by molar-refractivity contribution is 7.80. The lowest BCUT2D eigenvalue weighted by atomic mass is 10.1. The topological polar surface area (TPSA) is 93.3 Å². The molecular formula is C21H23N3O4S. The third kappa shape index (κ3) is 5.51. The number of aromatic nitrogens is 2. The number of carbonyl (C=O) groups is 2. The molecule has 7 nitrogen and oxygen atoms in total. The Balaban J connectivity index is 1.65. The molecule has 2 N–H and O–H groups in total. The first kappa shape index (κ1) is 20.7. The van der Waals surface area contributed by atoms with Crippen molar-refractivity contribution < 1.29 is 19.1 Å². The first-order valence-corrected chi connectivity index (χ1v) is 9.74. The van der Waals surface area contributed by atoms with E-state index in [9.17, 15) is 9.59 Å². The van der Waals surface area contributed by atoms with E-state index in [1.807, 2.05) is 30.3 Å². The van der Waals surface area contributed by atoms with Gasteiger partial charge in [-0.1, -0.05) is 0 Å². The number of benzene rings is 1. The van der Waals surface area contributed by atoms with Crippen molar-refractivity contribution in [2.24, 2.45) is 0 Å². The summed E-state index contributed by atoms with van der Waals surface area (Å²) in [4.78, 5) is 31.8. The van der Waals surface area contributed by atoms with Crippen molar-refractivity contribution in [1.82, 2.24) is 15.3 Å². The van der Waals surface area contributed by atoms with E-state index in [2.05, 4.69) is 27.9 Å². The van der Waals surface area contributed by atoms with Crippen LogP contribution in [0.25, 0.3) is 22.3 Å². The first-order valence-electron chi connectivity index (χ1n) is 9.11. The molecule has 0 unspecified atom stereocenters. The van der Waals surface area contributed by atoms with Gasteiger partial charge in [0.1, 0.15) is 23.0 Å². The zero-order chi connectivity index (χ0) is 21.0. The summed E-state index contributed by atoms with van der Waals surface area (Å²) in [5.41, 5.74) is 1.99. The standard InChI is InChI=1S/C21H23N3O4S/c1-21(2,3)28-20(26)24-17(12-29)19(25)27-15-8-6-13(7-9-15)16-11-14-5-4-10-22-18(14)23-16/h4-11,17,29H,12H2,1-3H3,(H,22,23)(H,24,26)/t17-/m0/s1. The highest BCUT2D eigenvalue weighted by Crippen LogP contribution is 2.25. The van der Waals surface area contributed by atoms with Gasteiger partial charge in [0.15, 0.2) is 0 Å². The molecular weight excluding hydrogens is 390 g/mol. The molecule has 0 saturated carbocycles. The Labute approximate surface area is 174 Å². The van der Waals surface area contributed by atoms with Crippen molar-refractivity contribution in [3.63, 3.8) is 0 Å². The largest absolute Gasteiger partial charge is 0.444 e. The van der Waals surface area contributed by atoms with Gasteiger partial charge in [0.25, 0.3) is 0 Å². The number of hydrogen-bond donors (Lipinski definition) is 3. The summed E-state index contributed by atoms with van der Waals surface area (Å²) in [5, 5.41) is 3.49. The number of hydrogen-bond acceptors (Lipinski definition) is 6. The molecule has 3 rings (SSSR count). The molecule has 1 atom stereocenters. The van der Waals surface area contributed by atoms with E-state index in [-0.39, 0.29) is 5.75 Å². The van der Waals surface area contributed by atoms with Crippen LogP contribution in [-0.2, 0) is 9.53 Å². The third-order valence-electron chi connectivity index (χ3n) is 3.93. The van der Waals surface area contributed by atoms with E-state index >= 15 is 0 Å². The van der Waals surface area contributed by atoms with Crippen LogP contribution < -0.4 is 10.1 Å². The SMILES string of the molecule is CC(C)(C)OC(=O)N[C@@H](CS)C(=O)Oc1ccc(-c2cc3cccnc3[nH]2)cc1. The van der Waals surface area contributed by atoms with Crippen molar-refractivity contribution in [3.8, 4) is 17.0 Å². The predicted molar refractivity (Wildman–Crippen MR) is 114 cm³/mol. The Morgan fingerprint density at radius 2 is 1.93 bits per heavy atom. The van der Waals surface area contributed by atoms with Crippen LogP contribution in [0.4, 0.5) is 4.79 Å². The van der Waals surface area contributed by atoms with Crippen LogP contribution in [0.15, 0.2) is 48.7 Å². The molecule has 0 fully saturated rings. The second-order valence-electron chi connectivity index (χ2n) is 7.45. The predicted octanol–water partition coefficient (Wildman–Crippen LogP) is 3.96. The maximum Gasteiger partial charge on any atom is 0.408 e. The van der Waals surface area contributed by atoms with Gasteiger partial charge in [-0.2, -0.15) is 12.6 Å². The lowest BCUT2D eigenvalue weighted by Crippen LogP contribution is -2.46. The summed E-state index contributed by atoms with van der Waals surface area (Å²) >= 11 is 4.11. The van der Waals surface area contributed by atoms with Crippen molar-refractivity contribution in [1.29, 1.82) is 0 Å². The Hall–Kier alpha value is -3.00. The number of aromatic amines is 1. The Morgan fingerprint density at radius 1 is 1.21 bits per heavy atom. The number of carbonyl (C=O) groups excluding carboxylic acids is 2. The van der Waals surface area contributed by atoms with Gasteiger partial charge in [0.2, 0.25) is 0 Å². The molecule has 0 aliphatic heterocycles. The summed E-state index contributed by atoms with van der Waals surface area (Å²) < 4.78 is 10.5. The maximum atomic E-state index is 12.4. The maximum absolute atomic E-state index is 12.4. The van der Waals surface area contributed by atoms with Crippen LogP contribution in [0.1, 0.15) is 20.8 Å². The second kappa shape index (κ2) is 8.57. The number of pyridine rings is 1. The van der Waals surface area contributed by atoms with Crippen LogP contribution in [0.3, 0.4) is 0 Å². The number of fused-ring (bicyclic) bond motifs is 1. The van der Waals surface area contributed by atoms with E-state index in [1.165, 1.54) is 0 Å². The summed E-state index contributed by atoms with van der Waals surface area (Å²) in [6.07, 6.45) is 1.03. The molecule has 152 valence electrons. The quantitative estimate of drug-likeness (QED) is 0.334. The fourth-order valence-corrected chi connectivity index (χ4v) is 2.87. The third-order valence-corrected chi connectivity index (χ3v) is 4.30. The number of thiol groups is 1. The van der Waals surface area contributed by atoms with Gasteiger partial charge in [-0.05, 0) is 68.8 Å². The number of esters is 1. The molecule has 3 aromatic rings. The van der Waals surface area contributed by atoms with Gasteiger partial charge in [0, 0.05) is 23.0 Å². The van der Waals surface area contributed by atoms with Crippen LogP contribution in [0.5, 0.6) is 5.75 Å². The van der Waals surface area contributed by atoms with E-state index in [0.29, 0.717) is 5.75 Å². The second-order valence-corrected chi connectivity index (χ2v) is 7.82. The smallest absolute Gasteiger partial charge is 0.408 e. The number of alkyl carbamates (subject to hydrolysis) is 1. The highest BCUT2D eigenvalue weighted by Gasteiger charge is 2.25. The average Bonchev–Trinajstić information content (AvgIpc) is 3.09. The first-order chi connectivity index (χ1) is 13.7. The summed E-state index contributed by atoms with van der Waals surface area (Å²) in [6, 6.07) is 12.0. The van der Waals surface area contributed by atoms with Crippen molar-refractivity contribution in [2.75, 3.05) is 5.75 Å². The lowest BCUT2D eigenvalue weighted by molar-refractivity contribution is -0.136. The zero-order valence-electron chi connectivity index (χ0n) is 16.4. The molecule has 0 aliphatic rings. The van der Waals surface area contributed by atoms with Gasteiger partial charge in [-0.3, -0.25) is 0 Å². The number of nitrogens with zero attached hydrogens (tertiary/aromatic N) is 1. The number of H-pyrrole nitrogens is 1. The molecule has 0 bridgehead atoms. The molecule has 8 heteroatoms. The lowest BCUT2D eigenvalue weighted by Gasteiger charge is -2.22. The minimum absolute atomic E-state index is 0.0816. The Bertz CT molecular complexity index is 976. The van der Waals surface area contributed by atoms with E-state index in [4.69, 9.17) is 9.47 Å². The number of ether oxygens (including phenoxy) is 2. The average molecular weight is 413 g/mol. The minimum Gasteiger partial charge on any atom is -0.444 e. The summed E-state index contributed by atoms with van der Waals surface area (Å²) in [6.45, 7) is 5.22.